The van der Waals surface area contributed by atoms with Gasteiger partial charge in [0.2, 0.25) is 5.91 Å². The molecule has 0 unspecified atom stereocenters. The minimum absolute atomic E-state index is 0.176. The molecule has 0 aliphatic heterocycles. The average Bonchev–Trinajstić information content (AvgIpc) is 3.23. The van der Waals surface area contributed by atoms with Gasteiger partial charge in [0, 0.05) is 41.0 Å². The van der Waals surface area contributed by atoms with Crippen molar-refractivity contribution in [1.29, 1.82) is 0 Å². The van der Waals surface area contributed by atoms with Gasteiger partial charge in [-0.3, -0.25) is 9.78 Å². The third-order valence-corrected chi connectivity index (χ3v) is 8.47. The Hall–Kier alpha value is -2.53. The number of hydrogen-bond acceptors (Lipinski definition) is 4. The Bertz CT molecular complexity index is 1070. The van der Waals surface area contributed by atoms with Crippen molar-refractivity contribution in [3.63, 3.8) is 0 Å². The lowest BCUT2D eigenvalue weighted by Crippen LogP contribution is -2.47. The molecule has 0 atom stereocenters. The fourth-order valence-corrected chi connectivity index (χ4v) is 7.68. The number of amides is 1. The third kappa shape index (κ3) is 3.80. The molecule has 1 N–H and O–H groups in total. The number of thiazole rings is 1. The van der Waals surface area contributed by atoms with E-state index in [-0.39, 0.29) is 11.3 Å². The second-order valence-electron chi connectivity index (χ2n) is 10.00. The van der Waals surface area contributed by atoms with E-state index in [0.717, 1.165) is 45.3 Å². The summed E-state index contributed by atoms with van der Waals surface area (Å²) in [7, 11) is 0. The first-order valence-corrected chi connectivity index (χ1v) is 12.3. The summed E-state index contributed by atoms with van der Waals surface area (Å²) in [6.07, 6.45) is 12.3. The Balaban J connectivity index is 1.16. The highest BCUT2D eigenvalue weighted by Gasteiger charge is 2.51. The van der Waals surface area contributed by atoms with Crippen LogP contribution in [0.15, 0.2) is 54.2 Å². The van der Waals surface area contributed by atoms with Crippen LogP contribution in [-0.4, -0.2) is 15.9 Å². The fraction of sp³-hybridized carbons (Fsp3) is 0.423. The van der Waals surface area contributed by atoms with E-state index in [1.807, 2.05) is 30.3 Å². The highest BCUT2D eigenvalue weighted by Crippen LogP contribution is 2.61. The topological polar surface area (TPSA) is 54.9 Å². The molecule has 4 aliphatic carbocycles. The molecular formula is C26H27N3OS. The minimum atomic E-state index is 0.176. The predicted molar refractivity (Wildman–Crippen MR) is 125 cm³/mol. The number of hydrogen-bond donors (Lipinski definition) is 1. The van der Waals surface area contributed by atoms with Gasteiger partial charge in [-0.25, -0.2) is 4.98 Å². The van der Waals surface area contributed by atoms with Crippen LogP contribution in [-0.2, 0) is 4.79 Å². The molecule has 5 heteroatoms. The van der Waals surface area contributed by atoms with Gasteiger partial charge >= 0.3 is 0 Å². The van der Waals surface area contributed by atoms with Gasteiger partial charge in [0.15, 0.2) is 0 Å². The van der Waals surface area contributed by atoms with Crippen LogP contribution in [0, 0.1) is 23.2 Å². The first-order chi connectivity index (χ1) is 15.1. The normalized spacial score (nSPS) is 28.6. The van der Waals surface area contributed by atoms with E-state index in [1.165, 1.54) is 38.5 Å². The minimum Gasteiger partial charge on any atom is -0.326 e. The highest BCUT2D eigenvalue weighted by atomic mass is 32.1. The van der Waals surface area contributed by atoms with E-state index in [2.05, 4.69) is 21.7 Å². The molecular weight excluding hydrogens is 402 g/mol. The van der Waals surface area contributed by atoms with Crippen LogP contribution in [0.4, 0.5) is 5.69 Å². The van der Waals surface area contributed by atoms with Crippen molar-refractivity contribution >= 4 is 22.9 Å². The van der Waals surface area contributed by atoms with Crippen LogP contribution in [0.25, 0.3) is 21.8 Å². The summed E-state index contributed by atoms with van der Waals surface area (Å²) in [4.78, 5) is 21.9. The molecule has 0 spiro atoms. The summed E-state index contributed by atoms with van der Waals surface area (Å²) in [6.45, 7) is 0. The zero-order valence-corrected chi connectivity index (χ0v) is 18.4. The van der Waals surface area contributed by atoms with Crippen LogP contribution in [0.2, 0.25) is 0 Å². The maximum atomic E-state index is 13.0. The Kier molecular flexibility index (Phi) is 4.67. The number of anilines is 1. The van der Waals surface area contributed by atoms with Gasteiger partial charge in [-0.1, -0.05) is 12.1 Å². The van der Waals surface area contributed by atoms with Gasteiger partial charge < -0.3 is 5.32 Å². The number of carbonyl (C=O) groups is 1. The largest absolute Gasteiger partial charge is 0.326 e. The van der Waals surface area contributed by atoms with Crippen LogP contribution in [0.3, 0.4) is 0 Å². The molecule has 4 aliphatic rings. The van der Waals surface area contributed by atoms with E-state index in [0.29, 0.717) is 6.42 Å². The smallest absolute Gasteiger partial charge is 0.224 e. The first kappa shape index (κ1) is 19.2. The molecule has 1 amide bonds. The summed E-state index contributed by atoms with van der Waals surface area (Å²) in [5, 5.41) is 6.25. The third-order valence-electron chi connectivity index (χ3n) is 7.57. The van der Waals surface area contributed by atoms with Gasteiger partial charge in [0.05, 0.1) is 5.69 Å². The summed E-state index contributed by atoms with van der Waals surface area (Å²) in [5.74, 6) is 2.81. The lowest BCUT2D eigenvalue weighted by molar-refractivity contribution is -0.124. The van der Waals surface area contributed by atoms with Gasteiger partial charge in [0.1, 0.15) is 5.01 Å². The molecule has 4 bridgehead atoms. The second-order valence-corrected chi connectivity index (χ2v) is 10.9. The molecule has 2 aromatic heterocycles. The fourth-order valence-electron chi connectivity index (χ4n) is 6.84. The molecule has 2 heterocycles. The van der Waals surface area contributed by atoms with Gasteiger partial charge in [-0.15, -0.1) is 11.3 Å². The molecule has 31 heavy (non-hydrogen) atoms. The number of nitrogens with zero attached hydrogens (tertiary/aromatic N) is 2. The monoisotopic (exact) mass is 429 g/mol. The van der Waals surface area contributed by atoms with E-state index in [4.69, 9.17) is 4.98 Å². The lowest BCUT2D eigenvalue weighted by atomic mass is 9.49. The van der Waals surface area contributed by atoms with Crippen LogP contribution in [0.5, 0.6) is 0 Å². The van der Waals surface area contributed by atoms with Gasteiger partial charge in [-0.05, 0) is 86.0 Å². The number of benzene rings is 1. The molecule has 158 valence electrons. The lowest BCUT2D eigenvalue weighted by Gasteiger charge is -2.56. The molecule has 0 saturated heterocycles. The predicted octanol–water partition coefficient (Wildman–Crippen LogP) is 6.42. The molecule has 4 nitrogen and oxygen atoms in total. The van der Waals surface area contributed by atoms with E-state index < -0.39 is 0 Å². The molecule has 0 radical (unpaired) electrons. The first-order valence-electron chi connectivity index (χ1n) is 11.4. The standard InChI is InChI=1S/C26H27N3OS/c30-24(15-26-12-17-8-18(13-26)10-19(9-17)14-26)28-22-3-1-2-21(11-22)23-16-31-25(29-23)20-4-6-27-7-5-20/h1-7,11,16-19H,8-10,12-15H2,(H,28,30). The summed E-state index contributed by atoms with van der Waals surface area (Å²) in [6, 6.07) is 12.0. The van der Waals surface area contributed by atoms with Crippen molar-refractivity contribution in [1.82, 2.24) is 9.97 Å². The number of carbonyl (C=O) groups excluding carboxylic acids is 1. The zero-order valence-electron chi connectivity index (χ0n) is 17.6. The van der Waals surface area contributed by atoms with E-state index in [9.17, 15) is 4.79 Å². The SMILES string of the molecule is O=C(CC12CC3CC(CC(C3)C1)C2)Nc1cccc(-c2csc(-c3ccncc3)n2)c1. The Morgan fingerprint density at radius 3 is 2.42 bits per heavy atom. The molecule has 7 rings (SSSR count). The Labute approximate surface area is 187 Å². The second kappa shape index (κ2) is 7.56. The van der Waals surface area contributed by atoms with Gasteiger partial charge in [0.25, 0.3) is 0 Å². The van der Waals surface area contributed by atoms with Crippen LogP contribution < -0.4 is 5.32 Å². The number of rotatable bonds is 5. The maximum Gasteiger partial charge on any atom is 0.224 e. The highest BCUT2D eigenvalue weighted by molar-refractivity contribution is 7.13. The van der Waals surface area contributed by atoms with Crippen molar-refractivity contribution in [3.05, 3.63) is 54.2 Å². The molecule has 4 saturated carbocycles. The van der Waals surface area contributed by atoms with Crippen LogP contribution >= 0.6 is 11.3 Å². The number of aromatic nitrogens is 2. The summed E-state index contributed by atoms with van der Waals surface area (Å²) >= 11 is 1.63. The summed E-state index contributed by atoms with van der Waals surface area (Å²) in [5.41, 5.74) is 4.18. The maximum absolute atomic E-state index is 13.0. The average molecular weight is 430 g/mol. The number of nitrogens with one attached hydrogen (secondary N) is 1. The molecule has 3 aromatic rings. The van der Waals surface area contributed by atoms with Crippen molar-refractivity contribution in [2.24, 2.45) is 23.2 Å². The molecule has 4 fully saturated rings. The quantitative estimate of drug-likeness (QED) is 0.509. The van der Waals surface area contributed by atoms with E-state index in [1.54, 1.807) is 23.7 Å². The molecule has 1 aromatic carbocycles. The van der Waals surface area contributed by atoms with Crippen molar-refractivity contribution in [2.75, 3.05) is 5.32 Å². The Morgan fingerprint density at radius 2 is 1.71 bits per heavy atom. The van der Waals surface area contributed by atoms with Gasteiger partial charge in [-0.2, -0.15) is 0 Å². The number of pyridine rings is 1. The van der Waals surface area contributed by atoms with Crippen LogP contribution in [0.1, 0.15) is 44.9 Å². The van der Waals surface area contributed by atoms with Crippen molar-refractivity contribution in [2.45, 2.75) is 44.9 Å². The Morgan fingerprint density at radius 1 is 1.00 bits per heavy atom. The van der Waals surface area contributed by atoms with Crippen molar-refractivity contribution < 1.29 is 4.79 Å². The zero-order chi connectivity index (χ0) is 20.8. The summed E-state index contributed by atoms with van der Waals surface area (Å²) < 4.78 is 0. The van der Waals surface area contributed by atoms with E-state index >= 15 is 0 Å². The van der Waals surface area contributed by atoms with Crippen molar-refractivity contribution in [3.8, 4) is 21.8 Å².